The Morgan fingerprint density at radius 2 is 2.06 bits per heavy atom. The lowest BCUT2D eigenvalue weighted by Crippen LogP contribution is -2.30. The van der Waals surface area contributed by atoms with Crippen LogP contribution in [0.5, 0.6) is 0 Å². The topological polar surface area (TPSA) is 49.0 Å². The molecule has 0 saturated heterocycles. The maximum atomic E-state index is 11.2. The molecule has 0 aliphatic heterocycles. The Balaban J connectivity index is 2.78. The van der Waals surface area contributed by atoms with E-state index in [-0.39, 0.29) is 5.56 Å². The van der Waals surface area contributed by atoms with E-state index in [9.17, 15) is 4.79 Å². The molecule has 90 valence electrons. The van der Waals surface area contributed by atoms with Gasteiger partial charge in [0.25, 0.3) is 5.56 Å². The van der Waals surface area contributed by atoms with E-state index in [0.717, 1.165) is 18.8 Å². The van der Waals surface area contributed by atoms with Crippen LogP contribution in [0.3, 0.4) is 0 Å². The Morgan fingerprint density at radius 1 is 1.38 bits per heavy atom. The SMILES string of the molecule is CCC(CC)CN(CC)c1cn[nH]c(=O)c1. The Bertz CT molecular complexity index is 357. The molecule has 0 amide bonds. The molecule has 1 rings (SSSR count). The largest absolute Gasteiger partial charge is 0.370 e. The van der Waals surface area contributed by atoms with Gasteiger partial charge in [-0.3, -0.25) is 4.79 Å². The zero-order chi connectivity index (χ0) is 12.0. The first-order valence-corrected chi connectivity index (χ1v) is 6.00. The first kappa shape index (κ1) is 12.7. The average Bonchev–Trinajstić information content (AvgIpc) is 2.31. The van der Waals surface area contributed by atoms with Crippen molar-refractivity contribution in [2.45, 2.75) is 33.6 Å². The maximum Gasteiger partial charge on any atom is 0.266 e. The molecule has 0 fully saturated rings. The average molecular weight is 223 g/mol. The molecule has 0 aliphatic rings. The van der Waals surface area contributed by atoms with Crippen molar-refractivity contribution in [2.24, 2.45) is 5.92 Å². The van der Waals surface area contributed by atoms with E-state index in [2.05, 4.69) is 35.9 Å². The summed E-state index contributed by atoms with van der Waals surface area (Å²) in [6, 6.07) is 1.61. The van der Waals surface area contributed by atoms with E-state index in [1.165, 1.54) is 12.8 Å². The molecule has 0 radical (unpaired) electrons. The summed E-state index contributed by atoms with van der Waals surface area (Å²) in [7, 11) is 0. The first-order chi connectivity index (χ1) is 7.71. The van der Waals surface area contributed by atoms with Crippen LogP contribution in [0.15, 0.2) is 17.1 Å². The quantitative estimate of drug-likeness (QED) is 0.802. The van der Waals surface area contributed by atoms with Crippen LogP contribution in [0.25, 0.3) is 0 Å². The summed E-state index contributed by atoms with van der Waals surface area (Å²) in [5.41, 5.74) is 0.777. The minimum Gasteiger partial charge on any atom is -0.370 e. The van der Waals surface area contributed by atoms with Gasteiger partial charge < -0.3 is 4.90 Å². The molecule has 16 heavy (non-hydrogen) atoms. The predicted molar refractivity (Wildman–Crippen MR) is 66.8 cm³/mol. The van der Waals surface area contributed by atoms with Gasteiger partial charge in [0.1, 0.15) is 0 Å². The van der Waals surface area contributed by atoms with E-state index in [1.807, 2.05) is 0 Å². The highest BCUT2D eigenvalue weighted by molar-refractivity contribution is 5.42. The second kappa shape index (κ2) is 6.30. The summed E-state index contributed by atoms with van der Waals surface area (Å²) in [6.07, 6.45) is 4.06. The smallest absolute Gasteiger partial charge is 0.266 e. The minimum atomic E-state index is -0.138. The van der Waals surface area contributed by atoms with E-state index in [0.29, 0.717) is 5.92 Å². The molecule has 0 aliphatic carbocycles. The van der Waals surface area contributed by atoms with Gasteiger partial charge in [-0.1, -0.05) is 26.7 Å². The summed E-state index contributed by atoms with van der Waals surface area (Å²) < 4.78 is 0. The van der Waals surface area contributed by atoms with Crippen molar-refractivity contribution < 1.29 is 0 Å². The van der Waals surface area contributed by atoms with Gasteiger partial charge in [0.2, 0.25) is 0 Å². The number of hydrogen-bond acceptors (Lipinski definition) is 3. The fourth-order valence-electron chi connectivity index (χ4n) is 1.81. The van der Waals surface area contributed by atoms with E-state index < -0.39 is 0 Å². The summed E-state index contributed by atoms with van der Waals surface area (Å²) in [5.74, 6) is 0.680. The number of nitrogens with zero attached hydrogens (tertiary/aromatic N) is 2. The van der Waals surface area contributed by atoms with Crippen molar-refractivity contribution in [1.82, 2.24) is 10.2 Å². The molecule has 1 aromatic heterocycles. The van der Waals surface area contributed by atoms with Gasteiger partial charge >= 0.3 is 0 Å². The van der Waals surface area contributed by atoms with Crippen LogP contribution in [-0.4, -0.2) is 23.3 Å². The summed E-state index contributed by atoms with van der Waals surface area (Å²) in [5, 5.41) is 6.23. The number of hydrogen-bond donors (Lipinski definition) is 1. The molecule has 0 bridgehead atoms. The van der Waals surface area contributed by atoms with Crippen molar-refractivity contribution in [2.75, 3.05) is 18.0 Å². The Kier molecular flexibility index (Phi) is 5.02. The lowest BCUT2D eigenvalue weighted by atomic mass is 10.0. The number of anilines is 1. The van der Waals surface area contributed by atoms with Gasteiger partial charge in [0, 0.05) is 19.2 Å². The summed E-state index contributed by atoms with van der Waals surface area (Å²) >= 11 is 0. The third-order valence-electron chi connectivity index (χ3n) is 3.03. The van der Waals surface area contributed by atoms with Crippen LogP contribution in [0.2, 0.25) is 0 Å². The molecule has 1 aromatic rings. The van der Waals surface area contributed by atoms with Crippen molar-refractivity contribution in [3.8, 4) is 0 Å². The number of nitrogens with one attached hydrogen (secondary N) is 1. The van der Waals surface area contributed by atoms with Crippen LogP contribution in [0, 0.1) is 5.92 Å². The van der Waals surface area contributed by atoms with Crippen LogP contribution in [0.1, 0.15) is 33.6 Å². The molecule has 0 saturated carbocycles. The Morgan fingerprint density at radius 3 is 2.56 bits per heavy atom. The Labute approximate surface area is 96.7 Å². The molecular formula is C12H21N3O. The molecule has 4 nitrogen and oxygen atoms in total. The van der Waals surface area contributed by atoms with E-state index in [1.54, 1.807) is 12.3 Å². The second-order valence-electron chi connectivity index (χ2n) is 4.02. The summed E-state index contributed by atoms with van der Waals surface area (Å²) in [6.45, 7) is 8.41. The molecule has 0 aromatic carbocycles. The molecule has 0 unspecified atom stereocenters. The standard InChI is InChI=1S/C12H21N3O/c1-4-10(5-2)9-15(6-3)11-7-12(16)14-13-8-11/h7-8,10H,4-6,9H2,1-3H3,(H,14,16). The molecule has 0 spiro atoms. The zero-order valence-corrected chi connectivity index (χ0v) is 10.4. The fraction of sp³-hybridized carbons (Fsp3) is 0.667. The van der Waals surface area contributed by atoms with E-state index in [4.69, 9.17) is 0 Å². The third kappa shape index (κ3) is 3.36. The van der Waals surface area contributed by atoms with Gasteiger partial charge in [-0.2, -0.15) is 5.10 Å². The number of aromatic nitrogens is 2. The first-order valence-electron chi connectivity index (χ1n) is 6.00. The van der Waals surface area contributed by atoms with Gasteiger partial charge in [-0.15, -0.1) is 0 Å². The fourth-order valence-corrected chi connectivity index (χ4v) is 1.81. The highest BCUT2D eigenvalue weighted by Gasteiger charge is 2.11. The van der Waals surface area contributed by atoms with Crippen molar-refractivity contribution in [3.63, 3.8) is 0 Å². The van der Waals surface area contributed by atoms with E-state index >= 15 is 0 Å². The van der Waals surface area contributed by atoms with Crippen LogP contribution >= 0.6 is 0 Å². The highest BCUT2D eigenvalue weighted by atomic mass is 16.1. The highest BCUT2D eigenvalue weighted by Crippen LogP contribution is 2.15. The van der Waals surface area contributed by atoms with Crippen LogP contribution in [0.4, 0.5) is 5.69 Å². The lowest BCUT2D eigenvalue weighted by Gasteiger charge is -2.26. The van der Waals surface area contributed by atoms with Gasteiger partial charge in [0.15, 0.2) is 0 Å². The number of rotatable bonds is 6. The number of H-pyrrole nitrogens is 1. The zero-order valence-electron chi connectivity index (χ0n) is 10.4. The maximum absolute atomic E-state index is 11.2. The molecular weight excluding hydrogens is 202 g/mol. The van der Waals surface area contributed by atoms with Crippen molar-refractivity contribution in [1.29, 1.82) is 0 Å². The molecule has 1 N–H and O–H groups in total. The normalized spacial score (nSPS) is 10.8. The van der Waals surface area contributed by atoms with Crippen LogP contribution < -0.4 is 10.5 Å². The third-order valence-corrected chi connectivity index (χ3v) is 3.03. The molecule has 1 heterocycles. The number of aromatic amines is 1. The van der Waals surface area contributed by atoms with Gasteiger partial charge in [0.05, 0.1) is 11.9 Å². The molecule has 0 atom stereocenters. The lowest BCUT2D eigenvalue weighted by molar-refractivity contribution is 0.485. The van der Waals surface area contributed by atoms with Crippen LogP contribution in [-0.2, 0) is 0 Å². The van der Waals surface area contributed by atoms with Crippen molar-refractivity contribution >= 4 is 5.69 Å². The minimum absolute atomic E-state index is 0.138. The Hall–Kier alpha value is -1.32. The monoisotopic (exact) mass is 223 g/mol. The predicted octanol–water partition coefficient (Wildman–Crippen LogP) is 2.03. The van der Waals surface area contributed by atoms with Crippen molar-refractivity contribution in [3.05, 3.63) is 22.6 Å². The second-order valence-corrected chi connectivity index (χ2v) is 4.02. The molecule has 4 heteroatoms. The van der Waals surface area contributed by atoms with Gasteiger partial charge in [-0.05, 0) is 12.8 Å². The summed E-state index contributed by atoms with van der Waals surface area (Å²) in [4.78, 5) is 13.4. The van der Waals surface area contributed by atoms with Gasteiger partial charge in [-0.25, -0.2) is 5.10 Å².